The molecule has 0 heterocycles. The van der Waals surface area contributed by atoms with E-state index in [0.717, 1.165) is 0 Å². The van der Waals surface area contributed by atoms with E-state index < -0.39 is 18.2 Å². The van der Waals surface area contributed by atoms with Crippen LogP contribution in [0.25, 0.3) is 0 Å². The van der Waals surface area contributed by atoms with Crippen molar-refractivity contribution in [3.8, 4) is 0 Å². The molecule has 0 saturated carbocycles. The maximum Gasteiger partial charge on any atom is -0.194 e. The Morgan fingerprint density at radius 2 is 0.867 bits per heavy atom. The van der Waals surface area contributed by atoms with Gasteiger partial charge < -0.3 is 13.8 Å². The molecule has 0 aromatic heterocycles. The third-order valence-corrected chi connectivity index (χ3v) is 3.72. The maximum absolute atomic E-state index is 4.51. The van der Waals surface area contributed by atoms with Crippen LogP contribution in [-0.4, -0.2) is 11.1 Å². The first-order valence-electron chi connectivity index (χ1n) is 5.23. The van der Waals surface area contributed by atoms with Crippen LogP contribution in [0.1, 0.15) is 55.4 Å². The molecule has 92 valence electrons. The van der Waals surface area contributed by atoms with Gasteiger partial charge in [-0.3, -0.25) is 0 Å². The van der Waals surface area contributed by atoms with Crippen LogP contribution < -0.4 is 0 Å². The van der Waals surface area contributed by atoms with E-state index in [1.54, 1.807) is 13.8 Å². The average molecular weight is 296 g/mol. The molecule has 0 aromatic carbocycles. The minimum atomic E-state index is -0.473. The average Bonchev–Trinajstić information content (AvgIpc) is 2.07. The van der Waals surface area contributed by atoms with Gasteiger partial charge in [0.2, 0.25) is 0 Å². The van der Waals surface area contributed by atoms with Crippen molar-refractivity contribution in [2.75, 3.05) is 0 Å². The number of hydrogen-bond donors (Lipinski definition) is 0. The van der Waals surface area contributed by atoms with Gasteiger partial charge >= 0.3 is 77.8 Å². The van der Waals surface area contributed by atoms with Crippen LogP contribution in [0.5, 0.6) is 0 Å². The summed E-state index contributed by atoms with van der Waals surface area (Å²) < 4.78 is 9.01. The van der Waals surface area contributed by atoms with Crippen molar-refractivity contribution < 1.29 is 18.2 Å². The largest absolute Gasteiger partial charge is 0.346 e. The molecule has 15 heavy (non-hydrogen) atoms. The molecule has 0 unspecified atom stereocenters. The summed E-state index contributed by atoms with van der Waals surface area (Å²) in [7, 11) is 0. The Hall–Kier alpha value is 0.288. The summed E-state index contributed by atoms with van der Waals surface area (Å²) in [6.45, 7) is 22.7. The predicted octanol–water partition coefficient (Wildman–Crippen LogP) is 4.71. The molecule has 0 saturated heterocycles. The van der Waals surface area contributed by atoms with Gasteiger partial charge in [0.1, 0.15) is 0 Å². The Balaban J connectivity index is -0.000000318. The molecule has 0 rings (SSSR count). The minimum absolute atomic E-state index is 0.108. The van der Waals surface area contributed by atoms with Crippen LogP contribution in [0.15, 0.2) is 6.99 Å². The summed E-state index contributed by atoms with van der Waals surface area (Å²) in [5, 5.41) is 0. The second-order valence-electron chi connectivity index (χ2n) is 4.61. The zero-order valence-corrected chi connectivity index (χ0v) is 13.7. The van der Waals surface area contributed by atoms with Crippen molar-refractivity contribution in [3.05, 3.63) is 13.8 Å². The van der Waals surface area contributed by atoms with Crippen molar-refractivity contribution in [2.45, 2.75) is 66.5 Å². The van der Waals surface area contributed by atoms with E-state index in [0.29, 0.717) is 0 Å². The quantitative estimate of drug-likeness (QED) is 0.457. The smallest absolute Gasteiger partial charge is 0.194 e. The number of hydrogen-bond acceptors (Lipinski definition) is 2. The molecule has 0 spiro atoms. The van der Waals surface area contributed by atoms with E-state index in [4.69, 9.17) is 0 Å². The van der Waals surface area contributed by atoms with Crippen LogP contribution in [0.4, 0.5) is 0 Å². The van der Waals surface area contributed by atoms with Gasteiger partial charge in [0.25, 0.3) is 0 Å². The summed E-state index contributed by atoms with van der Waals surface area (Å²) in [6, 6.07) is 0. The van der Waals surface area contributed by atoms with Gasteiger partial charge in [-0.1, -0.05) is 0 Å². The second kappa shape index (κ2) is 10.8. The monoisotopic (exact) mass is 298 g/mol. The normalized spacial score (nSPS) is 9.73. The number of rotatable bonds is 0. The Morgan fingerprint density at radius 3 is 1.00 bits per heavy atom. The summed E-state index contributed by atoms with van der Waals surface area (Å²) >= 11 is -0.473. The van der Waals surface area contributed by atoms with Gasteiger partial charge in [-0.25, -0.2) is 0 Å². The fourth-order valence-electron chi connectivity index (χ4n) is 0.265. The van der Waals surface area contributed by atoms with Crippen molar-refractivity contribution >= 4 is 0 Å². The first kappa shape index (κ1) is 20.7. The molecule has 0 radical (unpaired) electrons. The molecule has 0 N–H and O–H groups in total. The van der Waals surface area contributed by atoms with Crippen molar-refractivity contribution in [3.63, 3.8) is 0 Å². The molecular formula is C12H28MoN2. The Morgan fingerprint density at radius 1 is 0.667 bits per heavy atom. The third-order valence-electron chi connectivity index (χ3n) is 0.629. The summed E-state index contributed by atoms with van der Waals surface area (Å²) in [4.78, 5) is 0. The van der Waals surface area contributed by atoms with Crippen molar-refractivity contribution in [2.24, 2.45) is 6.99 Å². The Labute approximate surface area is 105 Å². The fraction of sp³-hybridized carbons (Fsp3) is 0.833. The Bertz CT molecular complexity index is 161. The van der Waals surface area contributed by atoms with Gasteiger partial charge in [0.15, 0.2) is 0 Å². The predicted molar refractivity (Wildman–Crippen MR) is 66.4 cm³/mol. The van der Waals surface area contributed by atoms with Gasteiger partial charge in [0.05, 0.1) is 0 Å². The van der Waals surface area contributed by atoms with Gasteiger partial charge in [0, 0.05) is 0 Å². The summed E-state index contributed by atoms with van der Waals surface area (Å²) in [6.07, 6.45) is 0. The van der Waals surface area contributed by atoms with Crippen LogP contribution in [0, 0.1) is 13.8 Å². The van der Waals surface area contributed by atoms with E-state index in [9.17, 15) is 0 Å². The van der Waals surface area contributed by atoms with E-state index in [2.05, 4.69) is 62.4 Å². The molecule has 0 amide bonds. The Kier molecular flexibility index (Phi) is 14.9. The van der Waals surface area contributed by atoms with E-state index in [-0.39, 0.29) is 11.1 Å². The molecule has 2 nitrogen and oxygen atoms in total. The zero-order valence-electron chi connectivity index (χ0n) is 11.7. The van der Waals surface area contributed by atoms with Crippen LogP contribution in [-0.2, 0) is 18.2 Å². The van der Waals surface area contributed by atoms with Crippen LogP contribution >= 0.6 is 0 Å². The van der Waals surface area contributed by atoms with E-state index >= 15 is 0 Å². The third kappa shape index (κ3) is 31.4. The molecular weight excluding hydrogens is 268 g/mol. The molecule has 3 heteroatoms. The van der Waals surface area contributed by atoms with Crippen molar-refractivity contribution in [1.82, 2.24) is 0 Å². The fourth-order valence-corrected chi connectivity index (χ4v) is 1.57. The first-order chi connectivity index (χ1) is 6.71. The molecule has 0 aliphatic carbocycles. The van der Waals surface area contributed by atoms with Gasteiger partial charge in [-0.05, 0) is 0 Å². The van der Waals surface area contributed by atoms with Gasteiger partial charge in [-0.2, -0.15) is 13.8 Å². The summed E-state index contributed by atoms with van der Waals surface area (Å²) in [5.41, 5.74) is 0.216. The van der Waals surface area contributed by atoms with E-state index in [1.807, 2.05) is 0 Å². The zero-order chi connectivity index (χ0) is 13.1. The standard InChI is InChI=1S/2C4H9N.2C2H5.Mo/c2*1-4(2,3)5;2*1-2;/h2*1-3H3;2*1H2,2H3;/q;;2*-1;+2. The van der Waals surface area contributed by atoms with Crippen LogP contribution in [0.2, 0.25) is 0 Å². The first-order valence-corrected chi connectivity index (χ1v) is 7.02. The molecule has 0 bridgehead atoms. The van der Waals surface area contributed by atoms with E-state index in [1.165, 1.54) is 0 Å². The van der Waals surface area contributed by atoms with Crippen molar-refractivity contribution in [1.29, 1.82) is 0 Å². The van der Waals surface area contributed by atoms with Gasteiger partial charge in [-0.15, -0.1) is 0 Å². The molecule has 0 atom stereocenters. The maximum atomic E-state index is 4.51. The SMILES string of the molecule is CC(C)(C)[N]=[Mo+2]=[N]C(C)(C)C.[CH2-]C.[CH2-]C. The number of nitrogens with zero attached hydrogens (tertiary/aromatic N) is 2. The minimum Gasteiger partial charge on any atom is -0.346 e. The second-order valence-corrected chi connectivity index (χ2v) is 5.90. The molecule has 0 aromatic rings. The molecule has 0 fully saturated rings. The molecule has 0 aliphatic heterocycles. The summed E-state index contributed by atoms with van der Waals surface area (Å²) in [5.74, 6) is 0. The van der Waals surface area contributed by atoms with Crippen LogP contribution in [0.3, 0.4) is 0 Å². The topological polar surface area (TPSA) is 24.7 Å². The molecule has 0 aliphatic rings.